The summed E-state index contributed by atoms with van der Waals surface area (Å²) in [5.41, 5.74) is 1.33. The van der Waals surface area contributed by atoms with Crippen LogP contribution in [-0.2, 0) is 6.54 Å². The number of fused-ring (bicyclic) bond motifs is 1. The number of aliphatic hydroxyl groups excluding tert-OH is 1. The predicted molar refractivity (Wildman–Crippen MR) is 79.0 cm³/mol. The van der Waals surface area contributed by atoms with Crippen molar-refractivity contribution in [2.24, 2.45) is 5.92 Å². The van der Waals surface area contributed by atoms with Gasteiger partial charge in [0.05, 0.1) is 6.61 Å². The third kappa shape index (κ3) is 3.31. The van der Waals surface area contributed by atoms with E-state index in [-0.39, 0.29) is 12.6 Å². The van der Waals surface area contributed by atoms with Gasteiger partial charge >= 0.3 is 0 Å². The molecular formula is C15H21NOS. The Kier molecular flexibility index (Phi) is 4.75. The van der Waals surface area contributed by atoms with Crippen molar-refractivity contribution < 1.29 is 5.11 Å². The largest absolute Gasteiger partial charge is 0.395 e. The zero-order chi connectivity index (χ0) is 13.0. The molecule has 0 unspecified atom stereocenters. The van der Waals surface area contributed by atoms with Crippen LogP contribution in [0, 0.1) is 5.92 Å². The zero-order valence-corrected chi connectivity index (χ0v) is 11.8. The second kappa shape index (κ2) is 6.32. The van der Waals surface area contributed by atoms with Gasteiger partial charge in [-0.05, 0) is 34.7 Å². The van der Waals surface area contributed by atoms with Crippen molar-refractivity contribution in [1.82, 2.24) is 5.32 Å². The second-order valence-electron chi connectivity index (χ2n) is 5.15. The maximum atomic E-state index is 9.36. The number of aliphatic hydroxyl groups is 1. The normalized spacial score (nSPS) is 13.3. The Labute approximate surface area is 113 Å². The first-order valence-corrected chi connectivity index (χ1v) is 7.38. The Balaban J connectivity index is 2.01. The number of hydrogen-bond donors (Lipinski definition) is 2. The molecule has 0 spiro atoms. The molecule has 1 atom stereocenters. The SMILES string of the molecule is CC(C)C[C@@H](CO)NCc1csc2ccccc12. The molecule has 0 saturated carbocycles. The van der Waals surface area contributed by atoms with Gasteiger partial charge in [0.1, 0.15) is 0 Å². The highest BCUT2D eigenvalue weighted by Crippen LogP contribution is 2.25. The van der Waals surface area contributed by atoms with Gasteiger partial charge in [-0.2, -0.15) is 0 Å². The minimum atomic E-state index is 0.198. The minimum Gasteiger partial charge on any atom is -0.395 e. The lowest BCUT2D eigenvalue weighted by Gasteiger charge is -2.18. The lowest BCUT2D eigenvalue weighted by molar-refractivity contribution is 0.223. The van der Waals surface area contributed by atoms with Gasteiger partial charge in [0.2, 0.25) is 0 Å². The highest BCUT2D eigenvalue weighted by Gasteiger charge is 2.10. The number of rotatable bonds is 6. The number of nitrogens with one attached hydrogen (secondary N) is 1. The van der Waals surface area contributed by atoms with Crippen LogP contribution in [0.5, 0.6) is 0 Å². The third-order valence-electron chi connectivity index (χ3n) is 3.12. The summed E-state index contributed by atoms with van der Waals surface area (Å²) in [4.78, 5) is 0. The van der Waals surface area contributed by atoms with Crippen LogP contribution in [0.25, 0.3) is 10.1 Å². The smallest absolute Gasteiger partial charge is 0.0584 e. The quantitative estimate of drug-likeness (QED) is 0.837. The number of thiophene rings is 1. The molecule has 0 fully saturated rings. The summed E-state index contributed by atoms with van der Waals surface area (Å²) >= 11 is 1.78. The molecule has 0 radical (unpaired) electrons. The molecule has 1 aromatic carbocycles. The Morgan fingerprint density at radius 3 is 2.78 bits per heavy atom. The van der Waals surface area contributed by atoms with Crippen molar-refractivity contribution in [2.45, 2.75) is 32.9 Å². The Morgan fingerprint density at radius 2 is 2.06 bits per heavy atom. The van der Waals surface area contributed by atoms with Crippen LogP contribution in [0.1, 0.15) is 25.8 Å². The molecular weight excluding hydrogens is 242 g/mol. The summed E-state index contributed by atoms with van der Waals surface area (Å²) in [7, 11) is 0. The van der Waals surface area contributed by atoms with E-state index < -0.39 is 0 Å². The van der Waals surface area contributed by atoms with Gasteiger partial charge in [0.15, 0.2) is 0 Å². The van der Waals surface area contributed by atoms with Crippen LogP contribution in [0.3, 0.4) is 0 Å². The summed E-state index contributed by atoms with van der Waals surface area (Å²) in [6, 6.07) is 8.67. The van der Waals surface area contributed by atoms with E-state index >= 15 is 0 Å². The van der Waals surface area contributed by atoms with E-state index in [0.29, 0.717) is 5.92 Å². The van der Waals surface area contributed by atoms with E-state index in [2.05, 4.69) is 48.8 Å². The van der Waals surface area contributed by atoms with Crippen molar-refractivity contribution in [3.05, 3.63) is 35.2 Å². The van der Waals surface area contributed by atoms with Gasteiger partial charge in [-0.1, -0.05) is 32.0 Å². The average molecular weight is 263 g/mol. The van der Waals surface area contributed by atoms with Crippen LogP contribution < -0.4 is 5.32 Å². The first-order chi connectivity index (χ1) is 8.70. The Bertz CT molecular complexity index is 492. The van der Waals surface area contributed by atoms with Gasteiger partial charge in [0.25, 0.3) is 0 Å². The Hall–Kier alpha value is -0.900. The molecule has 0 aliphatic rings. The molecule has 2 nitrogen and oxygen atoms in total. The number of hydrogen-bond acceptors (Lipinski definition) is 3. The van der Waals surface area contributed by atoms with Crippen LogP contribution in [0.15, 0.2) is 29.6 Å². The van der Waals surface area contributed by atoms with E-state index in [1.54, 1.807) is 11.3 Å². The molecule has 1 heterocycles. The average Bonchev–Trinajstić information content (AvgIpc) is 2.77. The van der Waals surface area contributed by atoms with Crippen molar-refractivity contribution in [1.29, 1.82) is 0 Å². The van der Waals surface area contributed by atoms with Crippen LogP contribution in [-0.4, -0.2) is 17.8 Å². The van der Waals surface area contributed by atoms with Gasteiger partial charge in [0, 0.05) is 17.3 Å². The van der Waals surface area contributed by atoms with Gasteiger partial charge in [-0.3, -0.25) is 0 Å². The summed E-state index contributed by atoms with van der Waals surface area (Å²) < 4.78 is 1.33. The Morgan fingerprint density at radius 1 is 1.28 bits per heavy atom. The fraction of sp³-hybridized carbons (Fsp3) is 0.467. The van der Waals surface area contributed by atoms with Crippen LogP contribution >= 0.6 is 11.3 Å². The topological polar surface area (TPSA) is 32.3 Å². The monoisotopic (exact) mass is 263 g/mol. The molecule has 0 aliphatic heterocycles. The van der Waals surface area contributed by atoms with Gasteiger partial charge in [-0.25, -0.2) is 0 Å². The molecule has 2 rings (SSSR count). The zero-order valence-electron chi connectivity index (χ0n) is 11.0. The third-order valence-corrected chi connectivity index (χ3v) is 4.13. The molecule has 0 saturated heterocycles. The highest BCUT2D eigenvalue weighted by atomic mass is 32.1. The minimum absolute atomic E-state index is 0.198. The van der Waals surface area contributed by atoms with E-state index in [1.807, 2.05) is 0 Å². The highest BCUT2D eigenvalue weighted by molar-refractivity contribution is 7.17. The van der Waals surface area contributed by atoms with Crippen molar-refractivity contribution in [3.63, 3.8) is 0 Å². The molecule has 0 bridgehead atoms. The summed E-state index contributed by atoms with van der Waals surface area (Å²) in [6.07, 6.45) is 1.01. The molecule has 18 heavy (non-hydrogen) atoms. The molecule has 0 amide bonds. The molecule has 2 N–H and O–H groups in total. The predicted octanol–water partition coefficient (Wildman–Crippen LogP) is 3.40. The summed E-state index contributed by atoms with van der Waals surface area (Å²) in [5.74, 6) is 0.605. The fourth-order valence-electron chi connectivity index (χ4n) is 2.22. The lowest BCUT2D eigenvalue weighted by atomic mass is 10.0. The van der Waals surface area contributed by atoms with E-state index in [4.69, 9.17) is 0 Å². The van der Waals surface area contributed by atoms with Crippen molar-refractivity contribution >= 4 is 21.4 Å². The molecule has 98 valence electrons. The van der Waals surface area contributed by atoms with Crippen LogP contribution in [0.2, 0.25) is 0 Å². The molecule has 0 aliphatic carbocycles. The first kappa shape index (κ1) is 13.5. The lowest BCUT2D eigenvalue weighted by Crippen LogP contribution is -2.33. The fourth-order valence-corrected chi connectivity index (χ4v) is 3.18. The first-order valence-electron chi connectivity index (χ1n) is 6.50. The summed E-state index contributed by atoms with van der Waals surface area (Å²) in [6.45, 7) is 5.41. The van der Waals surface area contributed by atoms with Gasteiger partial charge in [-0.15, -0.1) is 11.3 Å². The van der Waals surface area contributed by atoms with E-state index in [0.717, 1.165) is 13.0 Å². The maximum Gasteiger partial charge on any atom is 0.0584 e. The van der Waals surface area contributed by atoms with Crippen LogP contribution in [0.4, 0.5) is 0 Å². The summed E-state index contributed by atoms with van der Waals surface area (Å²) in [5, 5.41) is 16.3. The number of benzene rings is 1. The van der Waals surface area contributed by atoms with Crippen molar-refractivity contribution in [2.75, 3.05) is 6.61 Å². The molecule has 1 aromatic heterocycles. The molecule has 2 aromatic rings. The van der Waals surface area contributed by atoms with E-state index in [9.17, 15) is 5.11 Å². The maximum absolute atomic E-state index is 9.36. The molecule has 3 heteroatoms. The standard InChI is InChI=1S/C15H21NOS/c1-11(2)7-13(9-17)16-8-12-10-18-15-6-4-3-5-14(12)15/h3-6,10-11,13,16-17H,7-9H2,1-2H3/t13-/m0/s1. The van der Waals surface area contributed by atoms with Crippen molar-refractivity contribution in [3.8, 4) is 0 Å². The second-order valence-corrected chi connectivity index (χ2v) is 6.06. The van der Waals surface area contributed by atoms with Gasteiger partial charge < -0.3 is 10.4 Å². The van der Waals surface area contributed by atoms with E-state index in [1.165, 1.54) is 15.6 Å².